The van der Waals surface area contributed by atoms with Crippen molar-refractivity contribution in [2.75, 3.05) is 26.7 Å². The number of aromatic nitrogens is 2. The minimum atomic E-state index is 0.0910. The molecule has 2 heterocycles. The Bertz CT molecular complexity index is 916. The maximum atomic E-state index is 12.6. The summed E-state index contributed by atoms with van der Waals surface area (Å²) in [5.74, 6) is 1.34. The first-order valence-electron chi connectivity index (χ1n) is 11.3. The third-order valence-electron chi connectivity index (χ3n) is 6.47. The minimum absolute atomic E-state index is 0.0910. The van der Waals surface area contributed by atoms with Gasteiger partial charge in [0.2, 0.25) is 5.91 Å². The average Bonchev–Trinajstić information content (AvgIpc) is 3.32. The van der Waals surface area contributed by atoms with Crippen LogP contribution < -0.4 is 4.74 Å². The van der Waals surface area contributed by atoms with Crippen LogP contribution >= 0.6 is 11.6 Å². The average molecular weight is 445 g/mol. The fourth-order valence-electron chi connectivity index (χ4n) is 4.62. The van der Waals surface area contributed by atoms with Crippen molar-refractivity contribution in [2.45, 2.75) is 58.7 Å². The van der Waals surface area contributed by atoms with Crippen LogP contribution in [0, 0.1) is 19.8 Å². The maximum absolute atomic E-state index is 12.6. The van der Waals surface area contributed by atoms with Crippen LogP contribution in [0.3, 0.4) is 0 Å². The predicted molar refractivity (Wildman–Crippen MR) is 122 cm³/mol. The predicted octanol–water partition coefficient (Wildman–Crippen LogP) is 4.07. The van der Waals surface area contributed by atoms with Gasteiger partial charge in [0.05, 0.1) is 16.8 Å². The quantitative estimate of drug-likeness (QED) is 0.616. The lowest BCUT2D eigenvalue weighted by molar-refractivity contribution is -0.132. The van der Waals surface area contributed by atoms with Gasteiger partial charge in [-0.05, 0) is 76.2 Å². The van der Waals surface area contributed by atoms with Crippen LogP contribution in [0.4, 0.5) is 0 Å². The van der Waals surface area contributed by atoms with E-state index in [2.05, 4.69) is 16.1 Å². The Morgan fingerprint density at radius 2 is 2.00 bits per heavy atom. The van der Waals surface area contributed by atoms with Crippen LogP contribution in [0.2, 0.25) is 5.02 Å². The lowest BCUT2D eigenvalue weighted by Gasteiger charge is -2.37. The summed E-state index contributed by atoms with van der Waals surface area (Å²) < 4.78 is 7.98. The largest absolute Gasteiger partial charge is 0.489 e. The molecule has 1 aromatic heterocycles. The van der Waals surface area contributed by atoms with E-state index in [-0.39, 0.29) is 12.0 Å². The van der Waals surface area contributed by atoms with Crippen molar-refractivity contribution in [3.05, 3.63) is 46.2 Å². The van der Waals surface area contributed by atoms with E-state index in [1.165, 1.54) is 12.8 Å². The zero-order valence-electron chi connectivity index (χ0n) is 18.8. The molecule has 2 aliphatic rings. The van der Waals surface area contributed by atoms with E-state index in [1.807, 2.05) is 44.0 Å². The van der Waals surface area contributed by atoms with Crippen molar-refractivity contribution in [1.29, 1.82) is 0 Å². The standard InChI is InChI=1S/C24H33ClN4O2/c1-17-11-18(2)29(26-17)16-23(30)27(3)14-19-12-21(13-19)31-22-8-6-7-20(24(22)25)15-28-9-4-5-10-28/h6-8,11,19,21H,4-5,9-10,12-16H2,1-3H3. The van der Waals surface area contributed by atoms with Crippen LogP contribution in [0.15, 0.2) is 24.3 Å². The number of hydrogen-bond donors (Lipinski definition) is 0. The molecule has 0 radical (unpaired) electrons. The number of halogens is 1. The van der Waals surface area contributed by atoms with Crippen LogP contribution in [0.5, 0.6) is 5.75 Å². The van der Waals surface area contributed by atoms with Gasteiger partial charge in [-0.2, -0.15) is 5.10 Å². The summed E-state index contributed by atoms with van der Waals surface area (Å²) in [6.45, 7) is 8.16. The van der Waals surface area contributed by atoms with Crippen molar-refractivity contribution in [3.8, 4) is 5.75 Å². The van der Waals surface area contributed by atoms with Crippen molar-refractivity contribution in [2.24, 2.45) is 5.92 Å². The number of amides is 1. The molecule has 0 bridgehead atoms. The second-order valence-corrected chi connectivity index (χ2v) is 9.53. The zero-order chi connectivity index (χ0) is 22.0. The highest BCUT2D eigenvalue weighted by Gasteiger charge is 2.33. The Kier molecular flexibility index (Phi) is 6.87. The van der Waals surface area contributed by atoms with Gasteiger partial charge >= 0.3 is 0 Å². The molecule has 1 saturated carbocycles. The molecule has 0 atom stereocenters. The number of likely N-dealkylation sites (N-methyl/N-ethyl adjacent to an activating group) is 1. The van der Waals surface area contributed by atoms with Gasteiger partial charge in [0.1, 0.15) is 12.3 Å². The molecule has 31 heavy (non-hydrogen) atoms. The molecule has 168 valence electrons. The molecule has 2 fully saturated rings. The first-order valence-corrected chi connectivity index (χ1v) is 11.7. The summed E-state index contributed by atoms with van der Waals surface area (Å²) in [6.07, 6.45) is 4.61. The molecule has 0 N–H and O–H groups in total. The van der Waals surface area contributed by atoms with Crippen LogP contribution in [-0.2, 0) is 17.9 Å². The summed E-state index contributed by atoms with van der Waals surface area (Å²) in [6, 6.07) is 8.09. The highest BCUT2D eigenvalue weighted by molar-refractivity contribution is 6.32. The topological polar surface area (TPSA) is 50.6 Å². The second-order valence-electron chi connectivity index (χ2n) is 9.15. The number of ether oxygens (including phenoxy) is 1. The fraction of sp³-hybridized carbons (Fsp3) is 0.583. The third kappa shape index (κ3) is 5.42. The van der Waals surface area contributed by atoms with Crippen molar-refractivity contribution >= 4 is 17.5 Å². The van der Waals surface area contributed by atoms with E-state index in [4.69, 9.17) is 16.3 Å². The highest BCUT2D eigenvalue weighted by Crippen LogP contribution is 2.36. The highest BCUT2D eigenvalue weighted by atomic mass is 35.5. The van der Waals surface area contributed by atoms with Gasteiger partial charge in [0.25, 0.3) is 0 Å². The van der Waals surface area contributed by atoms with Crippen molar-refractivity contribution in [1.82, 2.24) is 19.6 Å². The number of likely N-dealkylation sites (tertiary alicyclic amines) is 1. The number of nitrogens with zero attached hydrogens (tertiary/aromatic N) is 4. The van der Waals surface area contributed by atoms with E-state index in [1.54, 1.807) is 4.68 Å². The molecule has 0 unspecified atom stereocenters. The molecule has 6 nitrogen and oxygen atoms in total. The van der Waals surface area contributed by atoms with Crippen LogP contribution in [-0.4, -0.2) is 58.3 Å². The molecule has 2 aromatic rings. The van der Waals surface area contributed by atoms with Gasteiger partial charge in [-0.15, -0.1) is 0 Å². The zero-order valence-corrected chi connectivity index (χ0v) is 19.6. The van der Waals surface area contributed by atoms with Crippen LogP contribution in [0.1, 0.15) is 42.6 Å². The Morgan fingerprint density at radius 1 is 1.26 bits per heavy atom. The number of carbonyl (C=O) groups is 1. The molecule has 1 amide bonds. The number of rotatable bonds is 8. The summed E-state index contributed by atoms with van der Waals surface area (Å²) in [5, 5.41) is 5.13. The lowest BCUT2D eigenvalue weighted by Crippen LogP contribution is -2.42. The summed E-state index contributed by atoms with van der Waals surface area (Å²) >= 11 is 6.65. The first-order chi connectivity index (χ1) is 14.9. The maximum Gasteiger partial charge on any atom is 0.244 e. The lowest BCUT2D eigenvalue weighted by atomic mass is 9.82. The van der Waals surface area contributed by atoms with Crippen LogP contribution in [0.25, 0.3) is 0 Å². The van der Waals surface area contributed by atoms with E-state index < -0.39 is 0 Å². The molecule has 0 spiro atoms. The van der Waals surface area contributed by atoms with E-state index >= 15 is 0 Å². The van der Waals surface area contributed by atoms with E-state index in [9.17, 15) is 4.79 Å². The van der Waals surface area contributed by atoms with E-state index in [0.29, 0.717) is 12.5 Å². The Hall–Kier alpha value is -2.05. The Labute approximate surface area is 190 Å². The van der Waals surface area contributed by atoms with Crippen molar-refractivity contribution < 1.29 is 9.53 Å². The van der Waals surface area contributed by atoms with Crippen molar-refractivity contribution in [3.63, 3.8) is 0 Å². The molecule has 1 aliphatic heterocycles. The molecule has 7 heteroatoms. The summed E-state index contributed by atoms with van der Waals surface area (Å²) in [7, 11) is 1.88. The summed E-state index contributed by atoms with van der Waals surface area (Å²) in [4.78, 5) is 16.8. The number of benzene rings is 1. The normalized spacial score (nSPS) is 21.2. The number of hydrogen-bond acceptors (Lipinski definition) is 4. The smallest absolute Gasteiger partial charge is 0.244 e. The first kappa shape index (κ1) is 22.2. The molecular weight excluding hydrogens is 412 g/mol. The van der Waals surface area contributed by atoms with Gasteiger partial charge in [-0.3, -0.25) is 14.4 Å². The monoisotopic (exact) mass is 444 g/mol. The number of aryl methyl sites for hydroxylation is 2. The Morgan fingerprint density at radius 3 is 2.68 bits per heavy atom. The number of carbonyl (C=O) groups excluding carboxylic acids is 1. The fourth-order valence-corrected chi connectivity index (χ4v) is 4.85. The molecule has 1 saturated heterocycles. The van der Waals surface area contributed by atoms with Gasteiger partial charge in [0.15, 0.2) is 0 Å². The van der Waals surface area contributed by atoms with E-state index in [0.717, 1.165) is 66.7 Å². The summed E-state index contributed by atoms with van der Waals surface area (Å²) in [5.41, 5.74) is 3.10. The van der Waals surface area contributed by atoms with Gasteiger partial charge in [-0.1, -0.05) is 23.7 Å². The molecule has 4 rings (SSSR count). The SMILES string of the molecule is Cc1cc(C)n(CC(=O)N(C)CC2CC(Oc3cccc(CN4CCCC4)c3Cl)C2)n1. The molecule has 1 aliphatic carbocycles. The van der Waals surface area contributed by atoms with Gasteiger partial charge in [0, 0.05) is 25.8 Å². The molecule has 1 aromatic carbocycles. The van der Waals surface area contributed by atoms with Gasteiger partial charge < -0.3 is 9.64 Å². The third-order valence-corrected chi connectivity index (χ3v) is 6.90. The molecular formula is C24H33ClN4O2. The minimum Gasteiger partial charge on any atom is -0.489 e. The Balaban J connectivity index is 1.24. The van der Waals surface area contributed by atoms with Gasteiger partial charge in [-0.25, -0.2) is 0 Å². The second kappa shape index (κ2) is 9.61.